The Morgan fingerprint density at radius 3 is 2.73 bits per heavy atom. The maximum absolute atomic E-state index is 13.5. The summed E-state index contributed by atoms with van der Waals surface area (Å²) in [6.07, 6.45) is 10.3. The van der Waals surface area contributed by atoms with Gasteiger partial charge >= 0.3 is 0 Å². The lowest BCUT2D eigenvalue weighted by atomic mass is 9.77. The summed E-state index contributed by atoms with van der Waals surface area (Å²) in [5, 5.41) is 3.77. The van der Waals surface area contributed by atoms with Crippen LogP contribution in [0.25, 0.3) is 0 Å². The smallest absolute Gasteiger partial charge is 0.233 e. The molecule has 37 heavy (non-hydrogen) atoms. The summed E-state index contributed by atoms with van der Waals surface area (Å²) in [5.74, 6) is 0.881. The Balaban J connectivity index is 1.29. The Bertz CT molecular complexity index is 1210. The fraction of sp³-hybridized carbons (Fsp3) is 0.448. The van der Waals surface area contributed by atoms with E-state index in [1.807, 2.05) is 17.0 Å². The van der Waals surface area contributed by atoms with E-state index in [2.05, 4.69) is 52.0 Å². The number of carbonyl (C=O) groups excluding carboxylic acids is 1. The van der Waals surface area contributed by atoms with Crippen molar-refractivity contribution in [3.63, 3.8) is 0 Å². The zero-order valence-electron chi connectivity index (χ0n) is 21.5. The van der Waals surface area contributed by atoms with E-state index in [1.165, 1.54) is 24.6 Å². The van der Waals surface area contributed by atoms with Gasteiger partial charge in [0.05, 0.1) is 39.9 Å². The van der Waals surface area contributed by atoms with Crippen molar-refractivity contribution in [2.45, 2.75) is 44.9 Å². The molecule has 1 spiro atoms. The van der Waals surface area contributed by atoms with Gasteiger partial charge in [-0.2, -0.15) is 0 Å². The molecule has 5 rings (SSSR count). The molecule has 1 aliphatic carbocycles. The Hall–Kier alpha value is -3.03. The van der Waals surface area contributed by atoms with Crippen LogP contribution in [-0.4, -0.2) is 61.1 Å². The van der Waals surface area contributed by atoms with Crippen molar-refractivity contribution in [1.82, 2.24) is 9.88 Å². The van der Waals surface area contributed by atoms with Gasteiger partial charge in [0.2, 0.25) is 5.91 Å². The number of aliphatic imine (C=N–C) groups is 2. The highest BCUT2D eigenvalue weighted by Gasteiger charge is 2.48. The predicted octanol–water partition coefficient (Wildman–Crippen LogP) is 5.44. The predicted molar refractivity (Wildman–Crippen MR) is 152 cm³/mol. The molecule has 1 amide bonds. The number of halogens is 1. The summed E-state index contributed by atoms with van der Waals surface area (Å²) in [6, 6.07) is 10.4. The number of hydrogen-bond acceptors (Lipinski definition) is 6. The number of carbonyl (C=O) groups is 1. The van der Waals surface area contributed by atoms with Crippen LogP contribution in [0.5, 0.6) is 0 Å². The lowest BCUT2D eigenvalue weighted by Gasteiger charge is -2.37. The maximum atomic E-state index is 13.5. The summed E-state index contributed by atoms with van der Waals surface area (Å²) < 4.78 is 0. The molecule has 8 heteroatoms. The molecule has 3 aliphatic rings. The Morgan fingerprint density at radius 2 is 2.00 bits per heavy atom. The molecule has 1 aromatic heterocycles. The average molecular weight is 519 g/mol. The van der Waals surface area contributed by atoms with Crippen molar-refractivity contribution in [3.05, 3.63) is 65.1 Å². The van der Waals surface area contributed by atoms with Gasteiger partial charge in [-0.3, -0.25) is 19.8 Å². The van der Waals surface area contributed by atoms with Crippen molar-refractivity contribution < 1.29 is 4.79 Å². The van der Waals surface area contributed by atoms with Crippen molar-refractivity contribution in [3.8, 4) is 0 Å². The van der Waals surface area contributed by atoms with Crippen molar-refractivity contribution >= 4 is 41.3 Å². The first-order valence-corrected chi connectivity index (χ1v) is 13.6. The minimum Gasteiger partial charge on any atom is -0.365 e. The lowest BCUT2D eigenvalue weighted by Crippen LogP contribution is -2.44. The average Bonchev–Trinajstić information content (AvgIpc) is 3.73. The molecule has 3 fully saturated rings. The maximum Gasteiger partial charge on any atom is 0.233 e. The van der Waals surface area contributed by atoms with E-state index in [0.717, 1.165) is 62.4 Å². The van der Waals surface area contributed by atoms with Crippen LogP contribution < -0.4 is 10.2 Å². The molecule has 0 bridgehead atoms. The third-order valence-electron chi connectivity index (χ3n) is 7.97. The molecule has 2 saturated heterocycles. The minimum absolute atomic E-state index is 0.217. The summed E-state index contributed by atoms with van der Waals surface area (Å²) in [7, 11) is 0. The first-order chi connectivity index (χ1) is 18.0. The van der Waals surface area contributed by atoms with Gasteiger partial charge in [-0.25, -0.2) is 0 Å². The SMILES string of the molecule is C=N/C=C(Cl)\C(=N/CNc1cncc(N2CCC3(CCN(CC)CC3)C2=O)c1)c1cccc(C2CC2)c1. The molecular formula is C29H35ClN6O. The van der Waals surface area contributed by atoms with Crippen molar-refractivity contribution in [2.75, 3.05) is 43.1 Å². The molecule has 1 saturated carbocycles. The quantitative estimate of drug-likeness (QED) is 0.449. The van der Waals surface area contributed by atoms with E-state index in [0.29, 0.717) is 23.3 Å². The number of allylic oxidation sites excluding steroid dienone is 1. The number of nitrogens with zero attached hydrogens (tertiary/aromatic N) is 5. The number of piperidine rings is 1. The van der Waals surface area contributed by atoms with Gasteiger partial charge in [0.15, 0.2) is 0 Å². The Kier molecular flexibility index (Phi) is 7.72. The highest BCUT2D eigenvalue weighted by atomic mass is 35.5. The van der Waals surface area contributed by atoms with Gasteiger partial charge < -0.3 is 15.1 Å². The molecular weight excluding hydrogens is 484 g/mol. The standard InChI is InChI=1S/C29H35ClN6O/c1-3-35-12-9-29(10-13-35)11-14-36(28(29)37)25-16-24(17-32-18-25)33-20-34-27(26(30)19-31-2)23-6-4-5-22(15-23)21-7-8-21/h4-6,15-19,21,33H,2-3,7-14,20H2,1H3/b26-19+,34-27-. The van der Waals surface area contributed by atoms with Crippen LogP contribution in [0.4, 0.5) is 11.4 Å². The van der Waals surface area contributed by atoms with E-state index in [-0.39, 0.29) is 11.3 Å². The number of aromatic nitrogens is 1. The third-order valence-corrected chi connectivity index (χ3v) is 8.25. The number of amides is 1. The molecule has 2 aliphatic heterocycles. The van der Waals surface area contributed by atoms with E-state index >= 15 is 0 Å². The molecule has 0 unspecified atom stereocenters. The molecule has 1 N–H and O–H groups in total. The summed E-state index contributed by atoms with van der Waals surface area (Å²) >= 11 is 6.54. The number of pyridine rings is 1. The van der Waals surface area contributed by atoms with Crippen LogP contribution in [0.1, 0.15) is 56.1 Å². The molecule has 3 heterocycles. The second-order valence-electron chi connectivity index (χ2n) is 10.3. The van der Waals surface area contributed by atoms with Crippen molar-refractivity contribution in [2.24, 2.45) is 15.4 Å². The van der Waals surface area contributed by atoms with Gasteiger partial charge in [-0.05, 0) is 82.1 Å². The van der Waals surface area contributed by atoms with Gasteiger partial charge in [0.25, 0.3) is 0 Å². The highest BCUT2D eigenvalue weighted by Crippen LogP contribution is 2.43. The van der Waals surface area contributed by atoms with Gasteiger partial charge in [-0.1, -0.05) is 36.7 Å². The number of benzene rings is 1. The fourth-order valence-corrected chi connectivity index (χ4v) is 5.75. The first-order valence-electron chi connectivity index (χ1n) is 13.2. The van der Waals surface area contributed by atoms with Gasteiger partial charge in [0.1, 0.15) is 6.67 Å². The summed E-state index contributed by atoms with van der Waals surface area (Å²) in [6.45, 7) is 9.80. The van der Waals surface area contributed by atoms with E-state index < -0.39 is 0 Å². The third kappa shape index (κ3) is 5.63. The largest absolute Gasteiger partial charge is 0.365 e. The Labute approximate surface area is 224 Å². The molecule has 1 aromatic carbocycles. The monoisotopic (exact) mass is 518 g/mol. The number of anilines is 2. The zero-order chi connectivity index (χ0) is 25.8. The van der Waals surface area contributed by atoms with E-state index in [4.69, 9.17) is 16.6 Å². The second-order valence-corrected chi connectivity index (χ2v) is 10.7. The van der Waals surface area contributed by atoms with Gasteiger partial charge in [0, 0.05) is 18.3 Å². The normalized spacial score (nSPS) is 20.5. The van der Waals surface area contributed by atoms with Crippen LogP contribution in [-0.2, 0) is 4.79 Å². The number of likely N-dealkylation sites (tertiary alicyclic amines) is 1. The number of rotatable bonds is 9. The lowest BCUT2D eigenvalue weighted by molar-refractivity contribution is -0.127. The zero-order valence-corrected chi connectivity index (χ0v) is 22.3. The van der Waals surface area contributed by atoms with Crippen molar-refractivity contribution in [1.29, 1.82) is 0 Å². The molecule has 0 radical (unpaired) electrons. The fourth-order valence-electron chi connectivity index (χ4n) is 5.51. The topological polar surface area (TPSA) is 73.2 Å². The Morgan fingerprint density at radius 1 is 1.22 bits per heavy atom. The van der Waals surface area contributed by atoms with Crippen LogP contribution in [0.2, 0.25) is 0 Å². The van der Waals surface area contributed by atoms with Crippen LogP contribution >= 0.6 is 11.6 Å². The van der Waals surface area contributed by atoms with Crippen LogP contribution in [0.15, 0.2) is 63.9 Å². The van der Waals surface area contributed by atoms with E-state index in [1.54, 1.807) is 12.4 Å². The molecule has 7 nitrogen and oxygen atoms in total. The molecule has 194 valence electrons. The number of nitrogens with one attached hydrogen (secondary N) is 1. The first kappa shape index (κ1) is 25.6. The highest BCUT2D eigenvalue weighted by molar-refractivity contribution is 6.46. The summed E-state index contributed by atoms with van der Waals surface area (Å²) in [4.78, 5) is 30.8. The van der Waals surface area contributed by atoms with Crippen LogP contribution in [0.3, 0.4) is 0 Å². The van der Waals surface area contributed by atoms with Gasteiger partial charge in [-0.15, -0.1) is 0 Å². The van der Waals surface area contributed by atoms with E-state index in [9.17, 15) is 4.79 Å². The summed E-state index contributed by atoms with van der Waals surface area (Å²) in [5.41, 5.74) is 4.38. The number of hydrogen-bond donors (Lipinski definition) is 1. The molecule has 2 aromatic rings. The van der Waals surface area contributed by atoms with Crippen LogP contribution in [0, 0.1) is 5.41 Å². The minimum atomic E-state index is -0.217. The molecule has 0 atom stereocenters. The second kappa shape index (κ2) is 11.2.